The molecule has 3 saturated carbocycles. The van der Waals surface area contributed by atoms with Gasteiger partial charge >= 0.3 is 23.9 Å². The van der Waals surface area contributed by atoms with E-state index in [2.05, 4.69) is 0 Å². The number of rotatable bonds is 8. The van der Waals surface area contributed by atoms with Crippen molar-refractivity contribution in [1.29, 1.82) is 0 Å². The van der Waals surface area contributed by atoms with Gasteiger partial charge in [0.1, 0.15) is 0 Å². The van der Waals surface area contributed by atoms with Gasteiger partial charge in [-0.15, -0.1) is 0 Å². The number of carbonyl (C=O) groups excluding carboxylic acids is 4. The van der Waals surface area contributed by atoms with Gasteiger partial charge in [-0.3, -0.25) is 0 Å². The molecular weight excluding hydrogens is 512 g/mol. The lowest BCUT2D eigenvalue weighted by Gasteiger charge is -2.60. The Bertz CT molecular complexity index is 926. The number of hydrogen-bond donors (Lipinski definition) is 0. The van der Waals surface area contributed by atoms with E-state index in [9.17, 15) is 19.2 Å². The lowest BCUT2D eigenvalue weighted by molar-refractivity contribution is -0.451. The maximum absolute atomic E-state index is 13.4. The topological polar surface area (TPSA) is 161 Å². The SMILES string of the molecule is COC(=O)C12OC(C(=O)OC)(C3CC4C(CC31)C1(C(=O)OC)OC4(C(=O)OC)C1(OC)OC)C2(OC)OC. The van der Waals surface area contributed by atoms with Gasteiger partial charge in [-0.2, -0.15) is 0 Å². The molecule has 0 spiro atoms. The summed E-state index contributed by atoms with van der Waals surface area (Å²) in [4.78, 5) is 53.7. The fraction of sp³-hybridized carbons (Fsp3) is 0.833. The highest BCUT2D eigenvalue weighted by Gasteiger charge is 3.02. The summed E-state index contributed by atoms with van der Waals surface area (Å²) in [5, 5.41) is 0. The molecule has 0 aromatic carbocycles. The molecule has 8 unspecified atom stereocenters. The van der Waals surface area contributed by atoms with E-state index in [0.717, 1.165) is 0 Å². The Balaban J connectivity index is 1.75. The number of esters is 4. The Morgan fingerprint density at radius 1 is 0.474 bits per heavy atom. The van der Waals surface area contributed by atoms with Crippen molar-refractivity contribution in [3.8, 4) is 0 Å². The Hall–Kier alpha value is -2.36. The number of hydrogen-bond acceptors (Lipinski definition) is 14. The molecule has 4 aliphatic heterocycles. The first-order valence-electron chi connectivity index (χ1n) is 12.0. The minimum atomic E-state index is -1.92. The first-order valence-corrected chi connectivity index (χ1v) is 12.0. The molecule has 7 rings (SSSR count). The summed E-state index contributed by atoms with van der Waals surface area (Å²) >= 11 is 0. The van der Waals surface area contributed by atoms with Crippen LogP contribution in [-0.4, -0.2) is 115 Å². The van der Waals surface area contributed by atoms with E-state index in [4.69, 9.17) is 47.4 Å². The Morgan fingerprint density at radius 3 is 0.842 bits per heavy atom. The van der Waals surface area contributed by atoms with Crippen LogP contribution >= 0.6 is 0 Å². The van der Waals surface area contributed by atoms with Crippen molar-refractivity contribution in [3.63, 3.8) is 0 Å². The summed E-state index contributed by atoms with van der Waals surface area (Å²) in [5.41, 5.74) is -7.61. The summed E-state index contributed by atoms with van der Waals surface area (Å²) in [7, 11) is 9.83. The third-order valence-electron chi connectivity index (χ3n) is 9.78. The van der Waals surface area contributed by atoms with Crippen molar-refractivity contribution in [2.24, 2.45) is 23.7 Å². The van der Waals surface area contributed by atoms with Gasteiger partial charge in [-0.05, 0) is 12.8 Å². The fourth-order valence-electron chi connectivity index (χ4n) is 8.81. The van der Waals surface area contributed by atoms with Crippen LogP contribution in [-0.2, 0) is 66.5 Å². The Kier molecular flexibility index (Phi) is 5.79. The predicted octanol–water partition coefficient (Wildman–Crippen LogP) is -1.04. The van der Waals surface area contributed by atoms with Gasteiger partial charge in [-0.25, -0.2) is 19.2 Å². The van der Waals surface area contributed by atoms with Crippen LogP contribution in [0.3, 0.4) is 0 Å². The molecule has 4 saturated heterocycles. The van der Waals surface area contributed by atoms with Crippen molar-refractivity contribution in [3.05, 3.63) is 0 Å². The van der Waals surface area contributed by atoms with Gasteiger partial charge in [0.15, 0.2) is 0 Å². The van der Waals surface area contributed by atoms with Crippen molar-refractivity contribution in [2.75, 3.05) is 56.9 Å². The molecule has 0 amide bonds. The molecule has 7 aliphatic rings. The molecule has 14 nitrogen and oxygen atoms in total. The quantitative estimate of drug-likeness (QED) is 0.207. The maximum Gasteiger partial charge on any atom is 0.344 e. The molecule has 0 radical (unpaired) electrons. The largest absolute Gasteiger partial charge is 0.467 e. The van der Waals surface area contributed by atoms with Crippen LogP contribution in [0.2, 0.25) is 0 Å². The molecule has 4 bridgehead atoms. The molecular formula is C24H32O14. The summed E-state index contributed by atoms with van der Waals surface area (Å²) < 4.78 is 56.0. The van der Waals surface area contributed by atoms with Gasteiger partial charge in [0.05, 0.1) is 28.4 Å². The average molecular weight is 545 g/mol. The van der Waals surface area contributed by atoms with Crippen LogP contribution in [0.15, 0.2) is 0 Å². The summed E-state index contributed by atoms with van der Waals surface area (Å²) in [6.45, 7) is 0. The van der Waals surface area contributed by atoms with E-state index in [1.165, 1.54) is 56.9 Å². The second-order valence-corrected chi connectivity index (χ2v) is 10.1. The standard InChI is InChI=1S/C24H32O14/c1-29-15(25)19-11-9-13-14(10-12(11)20(37-19,16(26)30-2)23(19,33-5)34-6)22(18(28)32-4)24(35-7,36-8)21(13,38-22)17(27)31-3/h11-14H,9-10H2,1-8H3. The van der Waals surface area contributed by atoms with Gasteiger partial charge < -0.3 is 47.4 Å². The van der Waals surface area contributed by atoms with Gasteiger partial charge in [0.2, 0.25) is 34.0 Å². The third-order valence-corrected chi connectivity index (χ3v) is 9.78. The van der Waals surface area contributed by atoms with Gasteiger partial charge in [0.25, 0.3) is 0 Å². The van der Waals surface area contributed by atoms with Crippen LogP contribution in [0, 0.1) is 23.7 Å². The lowest BCUT2D eigenvalue weighted by Crippen LogP contribution is -2.85. The van der Waals surface area contributed by atoms with Crippen LogP contribution < -0.4 is 0 Å². The number of carbonyl (C=O) groups is 4. The molecule has 0 N–H and O–H groups in total. The highest BCUT2D eigenvalue weighted by molar-refractivity contribution is 5.97. The van der Waals surface area contributed by atoms with Crippen molar-refractivity contribution in [1.82, 2.24) is 0 Å². The maximum atomic E-state index is 13.4. The van der Waals surface area contributed by atoms with Crippen molar-refractivity contribution < 1.29 is 66.5 Å². The number of ether oxygens (including phenoxy) is 10. The summed E-state index contributed by atoms with van der Waals surface area (Å²) in [6, 6.07) is 0. The molecule has 0 aromatic rings. The first kappa shape index (κ1) is 27.2. The zero-order valence-electron chi connectivity index (χ0n) is 22.4. The van der Waals surface area contributed by atoms with Gasteiger partial charge in [0, 0.05) is 52.1 Å². The summed E-state index contributed by atoms with van der Waals surface area (Å²) in [5.74, 6) is -10.4. The van der Waals surface area contributed by atoms with Crippen LogP contribution in [0.1, 0.15) is 12.8 Å². The van der Waals surface area contributed by atoms with Crippen LogP contribution in [0.4, 0.5) is 0 Å². The molecule has 14 heteroatoms. The number of methoxy groups -OCH3 is 8. The fourth-order valence-corrected chi connectivity index (χ4v) is 8.81. The average Bonchev–Trinajstić information content (AvgIpc) is 3.55. The smallest absolute Gasteiger partial charge is 0.344 e. The Morgan fingerprint density at radius 2 is 0.684 bits per heavy atom. The molecule has 8 atom stereocenters. The molecule has 212 valence electrons. The van der Waals surface area contributed by atoms with E-state index in [-0.39, 0.29) is 12.8 Å². The zero-order valence-corrected chi connectivity index (χ0v) is 22.4. The van der Waals surface area contributed by atoms with E-state index >= 15 is 0 Å². The van der Waals surface area contributed by atoms with Crippen molar-refractivity contribution in [2.45, 2.75) is 46.8 Å². The molecule has 38 heavy (non-hydrogen) atoms. The van der Waals surface area contributed by atoms with E-state index in [0.29, 0.717) is 0 Å². The van der Waals surface area contributed by atoms with E-state index < -0.39 is 81.5 Å². The minimum absolute atomic E-state index is 0.0139. The Labute approximate surface area is 218 Å². The lowest BCUT2D eigenvalue weighted by atomic mass is 9.64. The molecule has 4 heterocycles. The van der Waals surface area contributed by atoms with Gasteiger partial charge in [-0.1, -0.05) is 0 Å². The zero-order chi connectivity index (χ0) is 28.1. The van der Waals surface area contributed by atoms with Crippen LogP contribution in [0.25, 0.3) is 0 Å². The van der Waals surface area contributed by atoms with E-state index in [1.54, 1.807) is 0 Å². The predicted molar refractivity (Wildman–Crippen MR) is 118 cm³/mol. The normalized spacial score (nSPS) is 44.0. The molecule has 3 aliphatic carbocycles. The summed E-state index contributed by atoms with van der Waals surface area (Å²) in [6.07, 6.45) is 0.0277. The minimum Gasteiger partial charge on any atom is -0.467 e. The monoisotopic (exact) mass is 544 g/mol. The van der Waals surface area contributed by atoms with E-state index in [1.807, 2.05) is 0 Å². The molecule has 0 aromatic heterocycles. The molecule has 7 fully saturated rings. The van der Waals surface area contributed by atoms with Crippen molar-refractivity contribution >= 4 is 23.9 Å². The first-order chi connectivity index (χ1) is 18.0. The third kappa shape index (κ3) is 2.13. The van der Waals surface area contributed by atoms with Crippen LogP contribution in [0.5, 0.6) is 0 Å². The second kappa shape index (κ2) is 8.08. The highest BCUT2D eigenvalue weighted by Crippen LogP contribution is 2.80. The second-order valence-electron chi connectivity index (χ2n) is 10.1. The highest BCUT2D eigenvalue weighted by atomic mass is 16.8.